The van der Waals surface area contributed by atoms with Crippen molar-refractivity contribution in [2.45, 2.75) is 20.0 Å². The van der Waals surface area contributed by atoms with Gasteiger partial charge in [-0.05, 0) is 25.1 Å². The smallest absolute Gasteiger partial charge is 0.121 e. The Balaban J connectivity index is 2.73. The van der Waals surface area contributed by atoms with Gasteiger partial charge in [-0.25, -0.2) is 0 Å². The highest BCUT2D eigenvalue weighted by Crippen LogP contribution is 2.27. The molecule has 1 rings (SSSR count). The lowest BCUT2D eigenvalue weighted by molar-refractivity contribution is 0.151. The molecule has 0 spiro atoms. The Morgan fingerprint density at radius 2 is 1.94 bits per heavy atom. The summed E-state index contributed by atoms with van der Waals surface area (Å²) >= 11 is 11.8. The van der Waals surface area contributed by atoms with Crippen molar-refractivity contribution in [3.63, 3.8) is 0 Å². The summed E-state index contributed by atoms with van der Waals surface area (Å²) in [4.78, 5) is 0. The molecule has 0 fully saturated rings. The van der Waals surface area contributed by atoms with Crippen LogP contribution in [0.3, 0.4) is 0 Å². The van der Waals surface area contributed by atoms with Crippen LogP contribution in [0.15, 0.2) is 18.2 Å². The fourth-order valence-corrected chi connectivity index (χ4v) is 1.63. The molecular weight excluding hydrogens is 245 g/mol. The molecule has 0 aromatic heterocycles. The van der Waals surface area contributed by atoms with Gasteiger partial charge in [-0.3, -0.25) is 0 Å². The Morgan fingerprint density at radius 3 is 2.44 bits per heavy atom. The molecule has 1 atom stereocenters. The number of nitrogens with one attached hydrogen (secondary N) is 1. The minimum atomic E-state index is 0.127. The first-order valence-corrected chi connectivity index (χ1v) is 6.06. The van der Waals surface area contributed by atoms with Crippen molar-refractivity contribution in [1.82, 2.24) is 5.32 Å². The molecule has 0 aliphatic carbocycles. The van der Waals surface area contributed by atoms with Crippen LogP contribution in [0.25, 0.3) is 0 Å². The summed E-state index contributed by atoms with van der Waals surface area (Å²) < 4.78 is 5.85. The summed E-state index contributed by atoms with van der Waals surface area (Å²) in [7, 11) is 1.91. The summed E-state index contributed by atoms with van der Waals surface area (Å²) in [5, 5.41) is 4.18. The van der Waals surface area contributed by atoms with Crippen LogP contribution in [0.4, 0.5) is 0 Å². The maximum atomic E-state index is 5.93. The number of ether oxygens (including phenoxy) is 1. The highest BCUT2D eigenvalue weighted by Gasteiger charge is 2.14. The van der Waals surface area contributed by atoms with Crippen molar-refractivity contribution in [3.8, 4) is 5.75 Å². The van der Waals surface area contributed by atoms with E-state index in [1.165, 1.54) is 0 Å². The standard InChI is InChI=1S/C12H17Cl2NO/c1-8(2)12(7-15-3)16-9-4-5-10(13)11(14)6-9/h4-6,8,12,15H,7H2,1-3H3. The largest absolute Gasteiger partial charge is 0.489 e. The normalized spacial score (nSPS) is 12.9. The summed E-state index contributed by atoms with van der Waals surface area (Å²) in [6.07, 6.45) is 0.127. The van der Waals surface area contributed by atoms with Crippen LogP contribution >= 0.6 is 23.2 Å². The number of likely N-dealkylation sites (N-methyl/N-ethyl adjacent to an activating group) is 1. The van der Waals surface area contributed by atoms with E-state index in [0.717, 1.165) is 12.3 Å². The van der Waals surface area contributed by atoms with Crippen molar-refractivity contribution in [2.24, 2.45) is 5.92 Å². The van der Waals surface area contributed by atoms with Gasteiger partial charge in [0, 0.05) is 12.6 Å². The molecular formula is C12H17Cl2NO. The quantitative estimate of drug-likeness (QED) is 0.875. The zero-order valence-corrected chi connectivity index (χ0v) is 11.3. The van der Waals surface area contributed by atoms with E-state index < -0.39 is 0 Å². The summed E-state index contributed by atoms with van der Waals surface area (Å²) in [5.41, 5.74) is 0. The van der Waals surface area contributed by atoms with Gasteiger partial charge < -0.3 is 10.1 Å². The van der Waals surface area contributed by atoms with E-state index in [1.54, 1.807) is 12.1 Å². The Morgan fingerprint density at radius 1 is 1.25 bits per heavy atom. The van der Waals surface area contributed by atoms with E-state index in [-0.39, 0.29) is 6.10 Å². The van der Waals surface area contributed by atoms with E-state index in [1.807, 2.05) is 13.1 Å². The van der Waals surface area contributed by atoms with Gasteiger partial charge in [0.15, 0.2) is 0 Å². The van der Waals surface area contributed by atoms with Crippen LogP contribution in [0, 0.1) is 5.92 Å². The third-order valence-corrected chi connectivity index (χ3v) is 3.07. The molecule has 4 heteroatoms. The zero-order chi connectivity index (χ0) is 12.1. The van der Waals surface area contributed by atoms with Gasteiger partial charge in [0.25, 0.3) is 0 Å². The molecule has 2 nitrogen and oxygen atoms in total. The first-order chi connectivity index (χ1) is 7.54. The van der Waals surface area contributed by atoms with Crippen molar-refractivity contribution in [1.29, 1.82) is 0 Å². The van der Waals surface area contributed by atoms with Gasteiger partial charge in [-0.1, -0.05) is 37.0 Å². The molecule has 0 radical (unpaired) electrons. The number of halogens is 2. The fraction of sp³-hybridized carbons (Fsp3) is 0.500. The van der Waals surface area contributed by atoms with Crippen molar-refractivity contribution < 1.29 is 4.74 Å². The first-order valence-electron chi connectivity index (χ1n) is 5.31. The molecule has 1 N–H and O–H groups in total. The molecule has 1 aromatic carbocycles. The number of rotatable bonds is 5. The molecule has 1 aromatic rings. The highest BCUT2D eigenvalue weighted by molar-refractivity contribution is 6.42. The van der Waals surface area contributed by atoms with Crippen LogP contribution in [-0.4, -0.2) is 19.7 Å². The Labute approximate surface area is 107 Å². The molecule has 1 unspecified atom stereocenters. The fourth-order valence-electron chi connectivity index (χ4n) is 1.34. The molecule has 0 aliphatic heterocycles. The van der Waals surface area contributed by atoms with Crippen LogP contribution < -0.4 is 10.1 Å². The second kappa shape index (κ2) is 6.33. The van der Waals surface area contributed by atoms with Crippen molar-refractivity contribution in [3.05, 3.63) is 28.2 Å². The van der Waals surface area contributed by atoms with Gasteiger partial charge in [0.2, 0.25) is 0 Å². The van der Waals surface area contributed by atoms with Crippen LogP contribution in [0.2, 0.25) is 10.0 Å². The summed E-state index contributed by atoms with van der Waals surface area (Å²) in [6, 6.07) is 5.32. The van der Waals surface area contributed by atoms with Gasteiger partial charge in [0.1, 0.15) is 11.9 Å². The number of hydrogen-bond donors (Lipinski definition) is 1. The van der Waals surface area contributed by atoms with E-state index in [9.17, 15) is 0 Å². The second-order valence-electron chi connectivity index (χ2n) is 4.03. The van der Waals surface area contributed by atoms with E-state index in [4.69, 9.17) is 27.9 Å². The Hall–Kier alpha value is -0.440. The van der Waals surface area contributed by atoms with Crippen LogP contribution in [0.5, 0.6) is 5.75 Å². The third-order valence-electron chi connectivity index (χ3n) is 2.33. The molecule has 90 valence electrons. The minimum absolute atomic E-state index is 0.127. The van der Waals surface area contributed by atoms with E-state index in [2.05, 4.69) is 19.2 Å². The van der Waals surface area contributed by atoms with Gasteiger partial charge in [0.05, 0.1) is 10.0 Å². The lowest BCUT2D eigenvalue weighted by Gasteiger charge is -2.22. The SMILES string of the molecule is CNCC(Oc1ccc(Cl)c(Cl)c1)C(C)C. The predicted molar refractivity (Wildman–Crippen MR) is 69.6 cm³/mol. The van der Waals surface area contributed by atoms with Gasteiger partial charge >= 0.3 is 0 Å². The lowest BCUT2D eigenvalue weighted by Crippen LogP contribution is -2.33. The van der Waals surface area contributed by atoms with E-state index >= 15 is 0 Å². The molecule has 16 heavy (non-hydrogen) atoms. The summed E-state index contributed by atoms with van der Waals surface area (Å²) in [5.74, 6) is 1.19. The number of hydrogen-bond acceptors (Lipinski definition) is 2. The molecule has 0 saturated heterocycles. The highest BCUT2D eigenvalue weighted by atomic mass is 35.5. The topological polar surface area (TPSA) is 21.3 Å². The lowest BCUT2D eigenvalue weighted by atomic mass is 10.1. The second-order valence-corrected chi connectivity index (χ2v) is 4.85. The maximum absolute atomic E-state index is 5.93. The van der Waals surface area contributed by atoms with Crippen molar-refractivity contribution >= 4 is 23.2 Å². The zero-order valence-electron chi connectivity index (χ0n) is 9.76. The predicted octanol–water partition coefficient (Wildman–Crippen LogP) is 3.62. The molecule has 0 bridgehead atoms. The Bertz CT molecular complexity index is 342. The average Bonchev–Trinajstić information content (AvgIpc) is 2.22. The molecule has 0 heterocycles. The van der Waals surface area contributed by atoms with Gasteiger partial charge in [-0.2, -0.15) is 0 Å². The monoisotopic (exact) mass is 261 g/mol. The minimum Gasteiger partial charge on any atom is -0.489 e. The third kappa shape index (κ3) is 3.85. The first kappa shape index (κ1) is 13.6. The maximum Gasteiger partial charge on any atom is 0.121 e. The van der Waals surface area contributed by atoms with Gasteiger partial charge in [-0.15, -0.1) is 0 Å². The Kier molecular flexibility index (Phi) is 5.39. The van der Waals surface area contributed by atoms with E-state index in [0.29, 0.717) is 16.0 Å². The van der Waals surface area contributed by atoms with Crippen LogP contribution in [0.1, 0.15) is 13.8 Å². The number of benzene rings is 1. The average molecular weight is 262 g/mol. The summed E-state index contributed by atoms with van der Waals surface area (Å²) in [6.45, 7) is 5.05. The molecule has 0 aliphatic rings. The molecule has 0 saturated carbocycles. The molecule has 0 amide bonds. The van der Waals surface area contributed by atoms with Crippen molar-refractivity contribution in [2.75, 3.05) is 13.6 Å². The van der Waals surface area contributed by atoms with Crippen LogP contribution in [-0.2, 0) is 0 Å².